The second-order valence-corrected chi connectivity index (χ2v) is 7.75. The minimum Gasteiger partial charge on any atom is -0.508 e. The molecule has 0 aliphatic carbocycles. The van der Waals surface area contributed by atoms with Crippen LogP contribution in [0, 0.1) is 0 Å². The zero-order chi connectivity index (χ0) is 22.2. The maximum atomic E-state index is 9.53. The van der Waals surface area contributed by atoms with Crippen molar-refractivity contribution in [3.05, 3.63) is 84.9 Å². The zero-order valence-electron chi connectivity index (χ0n) is 17.8. The number of phenolic OH excluding ortho intramolecular Hbond substituents is 2. The van der Waals surface area contributed by atoms with Gasteiger partial charge in [-0.15, -0.1) is 0 Å². The molecule has 158 valence electrons. The number of aryl methyl sites for hydroxylation is 2. The van der Waals surface area contributed by atoms with E-state index in [2.05, 4.69) is 10.2 Å². The molecule has 5 rings (SSSR count). The van der Waals surface area contributed by atoms with E-state index in [0.717, 1.165) is 45.0 Å². The molecule has 2 N–H and O–H groups in total. The van der Waals surface area contributed by atoms with Gasteiger partial charge >= 0.3 is 0 Å². The lowest BCUT2D eigenvalue weighted by Crippen LogP contribution is -1.94. The normalized spacial score (nSPS) is 11.1. The molecule has 0 unspecified atom stereocenters. The molecular formula is C26H22N4O2. The van der Waals surface area contributed by atoms with Crippen LogP contribution in [0.25, 0.3) is 45.0 Å². The highest BCUT2D eigenvalue weighted by atomic mass is 16.3. The second-order valence-electron chi connectivity index (χ2n) is 7.75. The first-order valence-corrected chi connectivity index (χ1v) is 10.3. The van der Waals surface area contributed by atoms with Crippen LogP contribution in [0.1, 0.15) is 0 Å². The quantitative estimate of drug-likeness (QED) is 0.416. The first-order valence-electron chi connectivity index (χ1n) is 10.3. The fraction of sp³-hybridized carbons (Fsp3) is 0.0769. The summed E-state index contributed by atoms with van der Waals surface area (Å²) < 4.78 is 3.69. The van der Waals surface area contributed by atoms with E-state index in [4.69, 9.17) is 0 Å². The van der Waals surface area contributed by atoms with E-state index in [1.807, 2.05) is 84.1 Å². The summed E-state index contributed by atoms with van der Waals surface area (Å²) in [5, 5.41) is 28.4. The van der Waals surface area contributed by atoms with Crippen molar-refractivity contribution in [2.45, 2.75) is 0 Å². The number of aromatic nitrogens is 4. The lowest BCUT2D eigenvalue weighted by molar-refractivity contribution is 0.475. The van der Waals surface area contributed by atoms with Crippen LogP contribution in [0.5, 0.6) is 11.5 Å². The van der Waals surface area contributed by atoms with Gasteiger partial charge in [-0.25, -0.2) is 0 Å². The Morgan fingerprint density at radius 3 is 1.16 bits per heavy atom. The molecular weight excluding hydrogens is 400 g/mol. The fourth-order valence-corrected chi connectivity index (χ4v) is 3.83. The van der Waals surface area contributed by atoms with E-state index < -0.39 is 0 Å². The Morgan fingerprint density at radius 1 is 0.500 bits per heavy atom. The summed E-state index contributed by atoms with van der Waals surface area (Å²) in [6.07, 6.45) is 0. The average molecular weight is 422 g/mol. The monoisotopic (exact) mass is 422 g/mol. The third kappa shape index (κ3) is 3.63. The summed E-state index contributed by atoms with van der Waals surface area (Å²) in [6.45, 7) is 0. The Balaban J connectivity index is 1.43. The van der Waals surface area contributed by atoms with Crippen molar-refractivity contribution in [1.82, 2.24) is 19.6 Å². The predicted molar refractivity (Wildman–Crippen MR) is 125 cm³/mol. The molecule has 0 atom stereocenters. The highest BCUT2D eigenvalue weighted by molar-refractivity contribution is 5.73. The van der Waals surface area contributed by atoms with Crippen molar-refractivity contribution < 1.29 is 10.2 Å². The molecule has 32 heavy (non-hydrogen) atoms. The minimum atomic E-state index is 0.245. The van der Waals surface area contributed by atoms with E-state index in [1.165, 1.54) is 0 Å². The minimum absolute atomic E-state index is 0.245. The topological polar surface area (TPSA) is 76.1 Å². The van der Waals surface area contributed by atoms with Gasteiger partial charge in [0.25, 0.3) is 0 Å². The Labute approximate surface area is 185 Å². The molecule has 3 aromatic carbocycles. The van der Waals surface area contributed by atoms with Crippen LogP contribution >= 0.6 is 0 Å². The third-order valence-corrected chi connectivity index (χ3v) is 5.56. The number of aromatic hydroxyl groups is 2. The molecule has 0 spiro atoms. The summed E-state index contributed by atoms with van der Waals surface area (Å²) in [7, 11) is 3.83. The largest absolute Gasteiger partial charge is 0.508 e. The van der Waals surface area contributed by atoms with Crippen LogP contribution < -0.4 is 0 Å². The first kappa shape index (κ1) is 19.6. The Hall–Kier alpha value is -4.32. The van der Waals surface area contributed by atoms with Gasteiger partial charge in [0.1, 0.15) is 11.5 Å². The molecule has 6 nitrogen and oxygen atoms in total. The van der Waals surface area contributed by atoms with Crippen molar-refractivity contribution in [3.63, 3.8) is 0 Å². The Kier molecular flexibility index (Phi) is 4.75. The lowest BCUT2D eigenvalue weighted by Gasteiger charge is -2.01. The number of nitrogens with zero attached hydrogens (tertiary/aromatic N) is 4. The van der Waals surface area contributed by atoms with Gasteiger partial charge in [0.2, 0.25) is 0 Å². The summed E-state index contributed by atoms with van der Waals surface area (Å²) in [5.41, 5.74) is 7.75. The van der Waals surface area contributed by atoms with E-state index in [1.54, 1.807) is 24.3 Å². The fourth-order valence-electron chi connectivity index (χ4n) is 3.83. The van der Waals surface area contributed by atoms with Crippen molar-refractivity contribution >= 4 is 0 Å². The maximum absolute atomic E-state index is 9.53. The molecule has 5 aromatic rings. The Bertz CT molecular complexity index is 1270. The average Bonchev–Trinajstić information content (AvgIpc) is 3.38. The van der Waals surface area contributed by atoms with Crippen LogP contribution in [0.2, 0.25) is 0 Å². The lowest BCUT2D eigenvalue weighted by atomic mass is 10.0. The summed E-state index contributed by atoms with van der Waals surface area (Å²) >= 11 is 0. The molecule has 2 heterocycles. The van der Waals surface area contributed by atoms with Gasteiger partial charge in [0.15, 0.2) is 0 Å². The van der Waals surface area contributed by atoms with Gasteiger partial charge in [0.05, 0.1) is 22.8 Å². The molecule has 2 aromatic heterocycles. The van der Waals surface area contributed by atoms with E-state index in [-0.39, 0.29) is 11.5 Å². The molecule has 0 amide bonds. The summed E-state index contributed by atoms with van der Waals surface area (Å²) in [4.78, 5) is 0. The van der Waals surface area contributed by atoms with Gasteiger partial charge in [-0.05, 0) is 60.7 Å². The van der Waals surface area contributed by atoms with Crippen LogP contribution in [0.15, 0.2) is 84.9 Å². The second kappa shape index (κ2) is 7.74. The zero-order valence-corrected chi connectivity index (χ0v) is 17.8. The van der Waals surface area contributed by atoms with Crippen LogP contribution in [-0.4, -0.2) is 29.8 Å². The third-order valence-electron chi connectivity index (χ3n) is 5.56. The SMILES string of the molecule is Cn1nc(-c2ccc(-c3cc(-c4ccc(O)cc4)n(C)n3)cc2)cc1-c1ccc(O)cc1. The Morgan fingerprint density at radius 2 is 0.812 bits per heavy atom. The van der Waals surface area contributed by atoms with Crippen molar-refractivity contribution in [1.29, 1.82) is 0 Å². The van der Waals surface area contributed by atoms with E-state index >= 15 is 0 Å². The molecule has 0 aliphatic heterocycles. The number of hydrogen-bond donors (Lipinski definition) is 2. The predicted octanol–water partition coefficient (Wildman–Crippen LogP) is 5.23. The maximum Gasteiger partial charge on any atom is 0.115 e. The van der Waals surface area contributed by atoms with Gasteiger partial charge in [0, 0.05) is 36.3 Å². The van der Waals surface area contributed by atoms with Gasteiger partial charge < -0.3 is 10.2 Å². The van der Waals surface area contributed by atoms with Crippen molar-refractivity contribution in [2.24, 2.45) is 14.1 Å². The highest BCUT2D eigenvalue weighted by Gasteiger charge is 2.12. The van der Waals surface area contributed by atoms with E-state index in [9.17, 15) is 10.2 Å². The highest BCUT2D eigenvalue weighted by Crippen LogP contribution is 2.30. The van der Waals surface area contributed by atoms with Crippen molar-refractivity contribution in [3.8, 4) is 56.5 Å². The smallest absolute Gasteiger partial charge is 0.115 e. The standard InChI is InChI=1S/C26H22N4O2/c1-29-25(19-7-11-21(31)12-8-19)15-23(27-29)17-3-5-18(6-4-17)24-16-26(30(2)28-24)20-9-13-22(32)14-10-20/h3-16,31-32H,1-2H3. The number of phenols is 2. The van der Waals surface area contributed by atoms with Crippen LogP contribution in [0.3, 0.4) is 0 Å². The van der Waals surface area contributed by atoms with Crippen molar-refractivity contribution in [2.75, 3.05) is 0 Å². The van der Waals surface area contributed by atoms with Crippen LogP contribution in [0.4, 0.5) is 0 Å². The summed E-state index contributed by atoms with van der Waals surface area (Å²) in [5.74, 6) is 0.490. The number of benzene rings is 3. The van der Waals surface area contributed by atoms with Gasteiger partial charge in [-0.1, -0.05) is 24.3 Å². The molecule has 0 fully saturated rings. The summed E-state index contributed by atoms with van der Waals surface area (Å²) in [6, 6.07) is 26.5. The molecule has 0 saturated carbocycles. The molecule has 0 saturated heterocycles. The van der Waals surface area contributed by atoms with Gasteiger partial charge in [-0.2, -0.15) is 10.2 Å². The molecule has 0 radical (unpaired) electrons. The van der Waals surface area contributed by atoms with Gasteiger partial charge in [-0.3, -0.25) is 9.36 Å². The van der Waals surface area contributed by atoms with Crippen LogP contribution in [-0.2, 0) is 14.1 Å². The van der Waals surface area contributed by atoms with E-state index in [0.29, 0.717) is 0 Å². The first-order chi connectivity index (χ1) is 15.5. The number of rotatable bonds is 4. The molecule has 0 aliphatic rings. The molecule has 6 heteroatoms. The number of hydrogen-bond acceptors (Lipinski definition) is 4. The molecule has 0 bridgehead atoms.